The predicted molar refractivity (Wildman–Crippen MR) is 88.1 cm³/mol. The lowest BCUT2D eigenvalue weighted by molar-refractivity contribution is 0.0727. The van der Waals surface area contributed by atoms with E-state index in [1.807, 2.05) is 0 Å². The van der Waals surface area contributed by atoms with E-state index >= 15 is 0 Å². The van der Waals surface area contributed by atoms with Gasteiger partial charge in [-0.2, -0.15) is 4.98 Å². The smallest absolute Gasteiger partial charge is 0.231 e. The van der Waals surface area contributed by atoms with Gasteiger partial charge in [0.1, 0.15) is 0 Å². The third-order valence-electron chi connectivity index (χ3n) is 5.60. The first-order valence-electron chi connectivity index (χ1n) is 8.40. The third-order valence-corrected chi connectivity index (χ3v) is 5.60. The van der Waals surface area contributed by atoms with Gasteiger partial charge in [0, 0.05) is 24.5 Å². The monoisotopic (exact) mass is 308 g/mol. The van der Waals surface area contributed by atoms with Crippen molar-refractivity contribution in [2.75, 3.05) is 19.6 Å². The predicted octanol–water partition coefficient (Wildman–Crippen LogP) is 3.04. The maximum Gasteiger partial charge on any atom is 0.231 e. The standard InChI is InChI=1S/C18H20N4O/c1-21-15-5-3-2-4-13(15)10-16(21)17-19-18(23-20-17)14-11-22-8-6-12(14)7-9-22/h2-5,10,12,14H,6-9,11H2,1H3. The van der Waals surface area contributed by atoms with Crippen LogP contribution in [0.4, 0.5) is 0 Å². The van der Waals surface area contributed by atoms with E-state index in [0.29, 0.717) is 17.7 Å². The Morgan fingerprint density at radius 3 is 2.74 bits per heavy atom. The molecule has 3 saturated heterocycles. The van der Waals surface area contributed by atoms with Crippen LogP contribution in [0.25, 0.3) is 22.4 Å². The highest BCUT2D eigenvalue weighted by Crippen LogP contribution is 2.38. The highest BCUT2D eigenvalue weighted by Gasteiger charge is 2.38. The van der Waals surface area contributed by atoms with Crippen molar-refractivity contribution in [1.29, 1.82) is 0 Å². The van der Waals surface area contributed by atoms with Crippen LogP contribution in [0.5, 0.6) is 0 Å². The summed E-state index contributed by atoms with van der Waals surface area (Å²) in [4.78, 5) is 7.27. The molecule has 0 spiro atoms. The first-order chi connectivity index (χ1) is 11.3. The molecule has 23 heavy (non-hydrogen) atoms. The topological polar surface area (TPSA) is 47.1 Å². The summed E-state index contributed by atoms with van der Waals surface area (Å²) >= 11 is 0. The van der Waals surface area contributed by atoms with Crippen LogP contribution in [0.15, 0.2) is 34.9 Å². The minimum absolute atomic E-state index is 0.411. The van der Waals surface area contributed by atoms with Crippen molar-refractivity contribution in [1.82, 2.24) is 19.6 Å². The molecule has 1 aromatic carbocycles. The number of aryl methyl sites for hydroxylation is 1. The number of rotatable bonds is 2. The third kappa shape index (κ3) is 2.03. The van der Waals surface area contributed by atoms with E-state index in [1.165, 1.54) is 36.8 Å². The maximum absolute atomic E-state index is 5.66. The van der Waals surface area contributed by atoms with Gasteiger partial charge in [-0.3, -0.25) is 0 Å². The molecule has 5 heterocycles. The Kier molecular flexibility index (Phi) is 2.85. The minimum atomic E-state index is 0.411. The molecule has 2 aromatic heterocycles. The van der Waals surface area contributed by atoms with E-state index in [2.05, 4.69) is 52.0 Å². The van der Waals surface area contributed by atoms with E-state index in [-0.39, 0.29) is 0 Å². The van der Waals surface area contributed by atoms with Gasteiger partial charge in [-0.05, 0) is 44.0 Å². The second kappa shape index (κ2) is 4.93. The Hall–Kier alpha value is -2.14. The lowest BCUT2D eigenvalue weighted by Gasteiger charge is -2.43. The fourth-order valence-electron chi connectivity index (χ4n) is 4.24. The fourth-order valence-corrected chi connectivity index (χ4v) is 4.24. The Morgan fingerprint density at radius 2 is 2.00 bits per heavy atom. The summed E-state index contributed by atoms with van der Waals surface area (Å²) in [5.74, 6) is 2.64. The van der Waals surface area contributed by atoms with Gasteiger partial charge in [-0.1, -0.05) is 23.4 Å². The summed E-state index contributed by atoms with van der Waals surface area (Å²) in [5.41, 5.74) is 2.21. The highest BCUT2D eigenvalue weighted by molar-refractivity contribution is 5.85. The molecule has 3 aromatic rings. The lowest BCUT2D eigenvalue weighted by atomic mass is 9.79. The number of aromatic nitrogens is 3. The van der Waals surface area contributed by atoms with Crippen LogP contribution in [-0.2, 0) is 7.05 Å². The van der Waals surface area contributed by atoms with Gasteiger partial charge in [0.05, 0.1) is 11.6 Å². The van der Waals surface area contributed by atoms with E-state index < -0.39 is 0 Å². The Balaban J connectivity index is 1.52. The van der Waals surface area contributed by atoms with Crippen molar-refractivity contribution in [2.24, 2.45) is 13.0 Å². The summed E-state index contributed by atoms with van der Waals surface area (Å²) in [6.45, 7) is 3.53. The molecule has 2 bridgehead atoms. The zero-order chi connectivity index (χ0) is 15.4. The fraction of sp³-hybridized carbons (Fsp3) is 0.444. The molecule has 0 amide bonds. The molecular weight excluding hydrogens is 288 g/mol. The van der Waals surface area contributed by atoms with E-state index in [0.717, 1.165) is 18.1 Å². The van der Waals surface area contributed by atoms with Crippen LogP contribution in [0, 0.1) is 5.92 Å². The number of piperidine rings is 3. The van der Waals surface area contributed by atoms with Crippen molar-refractivity contribution >= 4 is 10.9 Å². The SMILES string of the molecule is Cn1c(-c2noc(C3CN4CCC3CC4)n2)cc2ccccc21. The van der Waals surface area contributed by atoms with Crippen molar-refractivity contribution in [3.63, 3.8) is 0 Å². The molecule has 0 radical (unpaired) electrons. The molecule has 0 aliphatic carbocycles. The zero-order valence-electron chi connectivity index (χ0n) is 13.3. The summed E-state index contributed by atoms with van der Waals surface area (Å²) in [5, 5.41) is 5.48. The Labute approximate surface area is 134 Å². The number of nitrogens with zero attached hydrogens (tertiary/aromatic N) is 4. The quantitative estimate of drug-likeness (QED) is 0.730. The van der Waals surface area contributed by atoms with Gasteiger partial charge in [0.15, 0.2) is 0 Å². The molecule has 3 aliphatic rings. The van der Waals surface area contributed by atoms with Crippen LogP contribution >= 0.6 is 0 Å². The van der Waals surface area contributed by atoms with Gasteiger partial charge in [-0.25, -0.2) is 0 Å². The second-order valence-corrected chi connectivity index (χ2v) is 6.85. The summed E-state index contributed by atoms with van der Waals surface area (Å²) in [6.07, 6.45) is 2.52. The zero-order valence-corrected chi connectivity index (χ0v) is 13.3. The lowest BCUT2D eigenvalue weighted by Crippen LogP contribution is -2.46. The first-order valence-corrected chi connectivity index (χ1v) is 8.40. The molecule has 5 nitrogen and oxygen atoms in total. The van der Waals surface area contributed by atoms with Crippen LogP contribution in [-0.4, -0.2) is 39.2 Å². The number of hydrogen-bond acceptors (Lipinski definition) is 4. The van der Waals surface area contributed by atoms with Gasteiger partial charge < -0.3 is 14.0 Å². The van der Waals surface area contributed by atoms with E-state index in [4.69, 9.17) is 9.51 Å². The van der Waals surface area contributed by atoms with Crippen LogP contribution in [0.3, 0.4) is 0 Å². The largest absolute Gasteiger partial charge is 0.341 e. The summed E-state index contributed by atoms with van der Waals surface area (Å²) < 4.78 is 7.80. The van der Waals surface area contributed by atoms with Crippen LogP contribution in [0.1, 0.15) is 24.7 Å². The van der Waals surface area contributed by atoms with Crippen molar-refractivity contribution in [3.05, 3.63) is 36.2 Å². The van der Waals surface area contributed by atoms with Crippen molar-refractivity contribution in [3.8, 4) is 11.5 Å². The number of benzene rings is 1. The highest BCUT2D eigenvalue weighted by atomic mass is 16.5. The average Bonchev–Trinajstić information content (AvgIpc) is 3.21. The average molecular weight is 308 g/mol. The number of hydrogen-bond donors (Lipinski definition) is 0. The van der Waals surface area contributed by atoms with Gasteiger partial charge >= 0.3 is 0 Å². The minimum Gasteiger partial charge on any atom is -0.341 e. The first kappa shape index (κ1) is 13.3. The molecule has 0 saturated carbocycles. The van der Waals surface area contributed by atoms with Crippen LogP contribution in [0.2, 0.25) is 0 Å². The summed E-state index contributed by atoms with van der Waals surface area (Å²) in [6, 6.07) is 10.5. The normalized spacial score (nSPS) is 26.9. The molecule has 5 heteroatoms. The molecule has 1 unspecified atom stereocenters. The molecule has 6 rings (SSSR count). The summed E-state index contributed by atoms with van der Waals surface area (Å²) in [7, 11) is 2.06. The molecule has 118 valence electrons. The second-order valence-electron chi connectivity index (χ2n) is 6.85. The van der Waals surface area contributed by atoms with Gasteiger partial charge in [0.25, 0.3) is 0 Å². The maximum atomic E-state index is 5.66. The molecule has 0 N–H and O–H groups in total. The van der Waals surface area contributed by atoms with Crippen molar-refractivity contribution in [2.45, 2.75) is 18.8 Å². The number of para-hydroxylation sites is 1. The van der Waals surface area contributed by atoms with E-state index in [1.54, 1.807) is 0 Å². The van der Waals surface area contributed by atoms with Gasteiger partial charge in [-0.15, -0.1) is 0 Å². The van der Waals surface area contributed by atoms with Crippen molar-refractivity contribution < 1.29 is 4.52 Å². The molecule has 1 atom stereocenters. The Bertz CT molecular complexity index is 857. The molecular formula is C18H20N4O. The van der Waals surface area contributed by atoms with E-state index in [9.17, 15) is 0 Å². The Morgan fingerprint density at radius 1 is 1.17 bits per heavy atom. The van der Waals surface area contributed by atoms with Crippen LogP contribution < -0.4 is 0 Å². The van der Waals surface area contributed by atoms with Gasteiger partial charge in [0.2, 0.25) is 11.7 Å². The molecule has 3 fully saturated rings. The molecule has 3 aliphatic heterocycles. The number of fused-ring (bicyclic) bond motifs is 4.